The molecular formula is C12H11Sb. The molecule has 0 bridgehead atoms. The molecule has 0 saturated heterocycles. The molecule has 13 heavy (non-hydrogen) atoms. The molecule has 2 aromatic rings. The Bertz CT molecular complexity index is 316. The summed E-state index contributed by atoms with van der Waals surface area (Å²) in [6, 6.07) is 21.6. The van der Waals surface area contributed by atoms with Crippen molar-refractivity contribution in [2.45, 2.75) is 0 Å². The van der Waals surface area contributed by atoms with Gasteiger partial charge in [0.15, 0.2) is 0 Å². The van der Waals surface area contributed by atoms with Crippen LogP contribution in [-0.2, 0) is 0 Å². The zero-order valence-electron chi connectivity index (χ0n) is 7.27. The van der Waals surface area contributed by atoms with Gasteiger partial charge in [-0.15, -0.1) is 0 Å². The first kappa shape index (κ1) is 8.84. The van der Waals surface area contributed by atoms with Crippen LogP contribution in [0.15, 0.2) is 60.7 Å². The van der Waals surface area contributed by atoms with Gasteiger partial charge in [-0.3, -0.25) is 0 Å². The van der Waals surface area contributed by atoms with Gasteiger partial charge in [-0.05, 0) is 0 Å². The Labute approximate surface area is 89.1 Å². The Morgan fingerprint density at radius 3 is 1.31 bits per heavy atom. The Balaban J connectivity index is 2.16. The van der Waals surface area contributed by atoms with Crippen molar-refractivity contribution in [2.24, 2.45) is 0 Å². The van der Waals surface area contributed by atoms with Crippen LogP contribution in [0.4, 0.5) is 0 Å². The monoisotopic (exact) mass is 276 g/mol. The van der Waals surface area contributed by atoms with Crippen molar-refractivity contribution in [1.29, 1.82) is 0 Å². The van der Waals surface area contributed by atoms with Gasteiger partial charge in [-0.1, -0.05) is 0 Å². The quantitative estimate of drug-likeness (QED) is 0.720. The molecule has 0 unspecified atom stereocenters. The summed E-state index contributed by atoms with van der Waals surface area (Å²) in [5.74, 6) is 0. The normalized spacial score (nSPS) is 9.85. The zero-order chi connectivity index (χ0) is 8.93. The van der Waals surface area contributed by atoms with E-state index in [1.54, 1.807) is 0 Å². The van der Waals surface area contributed by atoms with Gasteiger partial charge in [0.05, 0.1) is 0 Å². The van der Waals surface area contributed by atoms with Crippen LogP contribution < -0.4 is 7.02 Å². The zero-order valence-corrected chi connectivity index (χ0v) is 10.1. The first-order valence-electron chi connectivity index (χ1n) is 4.32. The van der Waals surface area contributed by atoms with Crippen LogP contribution in [-0.4, -0.2) is 21.6 Å². The molecule has 0 aliphatic carbocycles. The van der Waals surface area contributed by atoms with E-state index < -0.39 is 21.6 Å². The number of hydrogen-bond acceptors (Lipinski definition) is 0. The predicted octanol–water partition coefficient (Wildman–Crippen LogP) is 1.07. The van der Waals surface area contributed by atoms with Crippen molar-refractivity contribution < 1.29 is 0 Å². The van der Waals surface area contributed by atoms with Crippen LogP contribution in [0.1, 0.15) is 0 Å². The maximum absolute atomic E-state index is 2.24. The molecule has 64 valence electrons. The van der Waals surface area contributed by atoms with Gasteiger partial charge in [-0.2, -0.15) is 0 Å². The van der Waals surface area contributed by atoms with Gasteiger partial charge < -0.3 is 0 Å². The van der Waals surface area contributed by atoms with Gasteiger partial charge in [0.25, 0.3) is 0 Å². The third-order valence-corrected chi connectivity index (χ3v) is 5.39. The van der Waals surface area contributed by atoms with Gasteiger partial charge in [-0.25, -0.2) is 0 Å². The molecule has 0 nitrogen and oxygen atoms in total. The third-order valence-electron chi connectivity index (χ3n) is 1.84. The minimum absolute atomic E-state index is 0.517. The fraction of sp³-hybridized carbons (Fsp3) is 0. The Morgan fingerprint density at radius 1 is 0.538 bits per heavy atom. The molecule has 2 aromatic carbocycles. The van der Waals surface area contributed by atoms with Crippen molar-refractivity contribution in [3.05, 3.63) is 60.7 Å². The molecular weight excluding hydrogens is 266 g/mol. The standard InChI is InChI=1S/2C6H5.Sb.H/c2*1-2-4-6-5-3-1;;/h2*1-5H;;. The van der Waals surface area contributed by atoms with E-state index in [1.165, 1.54) is 7.02 Å². The van der Waals surface area contributed by atoms with Crippen LogP contribution in [0.25, 0.3) is 0 Å². The fourth-order valence-electron chi connectivity index (χ4n) is 1.21. The number of hydrogen-bond donors (Lipinski definition) is 0. The molecule has 0 aromatic heterocycles. The maximum atomic E-state index is 2.24. The van der Waals surface area contributed by atoms with Crippen molar-refractivity contribution >= 4 is 28.6 Å². The fourth-order valence-corrected chi connectivity index (χ4v) is 4.21. The Hall–Kier alpha value is -0.742. The summed E-state index contributed by atoms with van der Waals surface area (Å²) < 4.78 is 3.08. The van der Waals surface area contributed by atoms with Crippen molar-refractivity contribution in [3.63, 3.8) is 0 Å². The van der Waals surface area contributed by atoms with Crippen molar-refractivity contribution in [1.82, 2.24) is 0 Å². The first-order chi connectivity index (χ1) is 6.45. The summed E-state index contributed by atoms with van der Waals surface area (Å²) >= 11 is -0.517. The summed E-state index contributed by atoms with van der Waals surface area (Å²) in [5, 5.41) is 0. The first-order valence-corrected chi connectivity index (χ1v) is 7.18. The van der Waals surface area contributed by atoms with Crippen molar-refractivity contribution in [2.75, 3.05) is 0 Å². The molecule has 0 heterocycles. The molecule has 0 radical (unpaired) electrons. The summed E-state index contributed by atoms with van der Waals surface area (Å²) in [7, 11) is 0. The molecule has 0 spiro atoms. The van der Waals surface area contributed by atoms with Gasteiger partial charge in [0.2, 0.25) is 0 Å². The van der Waals surface area contributed by atoms with E-state index in [4.69, 9.17) is 0 Å². The van der Waals surface area contributed by atoms with E-state index >= 15 is 0 Å². The molecule has 0 atom stereocenters. The van der Waals surface area contributed by atoms with Crippen LogP contribution in [0, 0.1) is 0 Å². The van der Waals surface area contributed by atoms with Crippen LogP contribution in [0.2, 0.25) is 0 Å². The predicted molar refractivity (Wildman–Crippen MR) is 59.3 cm³/mol. The number of rotatable bonds is 2. The second kappa shape index (κ2) is 4.48. The van der Waals surface area contributed by atoms with Gasteiger partial charge in [0.1, 0.15) is 0 Å². The van der Waals surface area contributed by atoms with Crippen molar-refractivity contribution in [3.8, 4) is 0 Å². The molecule has 0 aliphatic heterocycles. The van der Waals surface area contributed by atoms with Crippen LogP contribution >= 0.6 is 0 Å². The van der Waals surface area contributed by atoms with E-state index in [9.17, 15) is 0 Å². The van der Waals surface area contributed by atoms with E-state index in [0.29, 0.717) is 0 Å². The Kier molecular flexibility index (Phi) is 3.05. The molecule has 0 saturated carbocycles. The van der Waals surface area contributed by atoms with E-state index in [-0.39, 0.29) is 0 Å². The van der Waals surface area contributed by atoms with Crippen LogP contribution in [0.5, 0.6) is 0 Å². The molecule has 0 N–H and O–H groups in total. The second-order valence-electron chi connectivity index (χ2n) is 2.86. The molecule has 0 amide bonds. The summed E-state index contributed by atoms with van der Waals surface area (Å²) in [5.41, 5.74) is 0. The topological polar surface area (TPSA) is 0 Å². The van der Waals surface area contributed by atoms with E-state index in [1.807, 2.05) is 0 Å². The van der Waals surface area contributed by atoms with E-state index in [2.05, 4.69) is 60.7 Å². The summed E-state index contributed by atoms with van der Waals surface area (Å²) in [4.78, 5) is 0. The summed E-state index contributed by atoms with van der Waals surface area (Å²) in [6.45, 7) is 0. The average Bonchev–Trinajstić information content (AvgIpc) is 2.21. The third kappa shape index (κ3) is 2.60. The average molecular weight is 277 g/mol. The van der Waals surface area contributed by atoms with Gasteiger partial charge in [0, 0.05) is 0 Å². The SMILES string of the molecule is c1cc[c]([SbH][c]2ccccc2)cc1. The second-order valence-corrected chi connectivity index (χ2v) is 6.87. The van der Waals surface area contributed by atoms with E-state index in [0.717, 1.165) is 0 Å². The molecule has 0 fully saturated rings. The van der Waals surface area contributed by atoms with Crippen LogP contribution in [0.3, 0.4) is 0 Å². The minimum atomic E-state index is -0.517. The molecule has 1 heteroatoms. The molecule has 0 aliphatic rings. The molecule has 2 rings (SSSR count). The Morgan fingerprint density at radius 2 is 0.923 bits per heavy atom. The van der Waals surface area contributed by atoms with Gasteiger partial charge >= 0.3 is 89.3 Å². The number of benzene rings is 2. The summed E-state index contributed by atoms with van der Waals surface area (Å²) in [6.07, 6.45) is 0.